The van der Waals surface area contributed by atoms with Gasteiger partial charge in [-0.05, 0) is 59.4 Å². The number of phenolic OH excluding ortho intramolecular Hbond substituents is 1. The van der Waals surface area contributed by atoms with E-state index in [0.717, 1.165) is 42.6 Å². The number of hydrogen-bond acceptors (Lipinski definition) is 5. The summed E-state index contributed by atoms with van der Waals surface area (Å²) >= 11 is 2.82. The molecule has 0 atom stereocenters. The van der Waals surface area contributed by atoms with E-state index in [-0.39, 0.29) is 10.9 Å². The second-order valence-electron chi connectivity index (χ2n) is 6.06. The van der Waals surface area contributed by atoms with E-state index in [1.165, 1.54) is 23.7 Å². The number of rotatable bonds is 3. The number of benzene rings is 4. The molecule has 26 heavy (non-hydrogen) atoms. The highest BCUT2D eigenvalue weighted by Crippen LogP contribution is 2.43. The zero-order chi connectivity index (χ0) is 17.7. The van der Waals surface area contributed by atoms with Crippen molar-refractivity contribution in [1.82, 2.24) is 0 Å². The number of carbonyl (C=O) groups excluding carboxylic acids is 1. The molecule has 0 aliphatic carbocycles. The molecule has 0 unspecified atom stereocenters. The van der Waals surface area contributed by atoms with Gasteiger partial charge in [-0.2, -0.15) is 0 Å². The Morgan fingerprint density at radius 1 is 0.846 bits per heavy atom. The third kappa shape index (κ3) is 2.35. The van der Waals surface area contributed by atoms with Crippen LogP contribution in [0, 0.1) is 0 Å². The zero-order valence-electron chi connectivity index (χ0n) is 13.5. The maximum absolute atomic E-state index is 12.1. The minimum atomic E-state index is 0.116. The van der Waals surface area contributed by atoms with Gasteiger partial charge in [0, 0.05) is 31.5 Å². The number of hydrogen-bond donors (Lipinski definition) is 2. The van der Waals surface area contributed by atoms with Gasteiger partial charge in [0.25, 0.3) is 0 Å². The van der Waals surface area contributed by atoms with Crippen molar-refractivity contribution in [1.29, 1.82) is 0 Å². The van der Waals surface area contributed by atoms with Gasteiger partial charge in [0.2, 0.25) is 5.12 Å². The minimum Gasteiger partial charge on any atom is -0.507 e. The number of nitrogens with one attached hydrogen (secondary N) is 1. The first-order valence-corrected chi connectivity index (χ1v) is 9.77. The van der Waals surface area contributed by atoms with Crippen LogP contribution in [0.4, 0.5) is 5.69 Å². The Morgan fingerprint density at radius 3 is 2.54 bits per heavy atom. The van der Waals surface area contributed by atoms with Crippen LogP contribution in [0.2, 0.25) is 0 Å². The maximum Gasteiger partial charge on any atom is 0.224 e. The first-order chi connectivity index (χ1) is 12.7. The monoisotopic (exact) mass is 375 g/mol. The van der Waals surface area contributed by atoms with Gasteiger partial charge in [-0.3, -0.25) is 4.79 Å². The summed E-state index contributed by atoms with van der Waals surface area (Å²) in [5.41, 5.74) is 1.73. The molecule has 1 aliphatic heterocycles. The van der Waals surface area contributed by atoms with Gasteiger partial charge in [0.05, 0.1) is 5.69 Å². The maximum atomic E-state index is 12.1. The van der Waals surface area contributed by atoms with Crippen LogP contribution in [0.1, 0.15) is 10.4 Å². The lowest BCUT2D eigenvalue weighted by atomic mass is 10.1. The van der Waals surface area contributed by atoms with E-state index < -0.39 is 0 Å². The van der Waals surface area contributed by atoms with Crippen molar-refractivity contribution >= 4 is 56.1 Å². The SMILES string of the molecule is O=C1Sc2ccc(SNc3ccc(O)c4ccccc34)c3cccc1c23. The Bertz CT molecular complexity index is 1200. The highest BCUT2D eigenvalue weighted by atomic mass is 32.2. The number of fused-ring (bicyclic) bond motifs is 1. The van der Waals surface area contributed by atoms with Crippen LogP contribution in [0.15, 0.2) is 76.5 Å². The zero-order valence-corrected chi connectivity index (χ0v) is 15.2. The van der Waals surface area contributed by atoms with Gasteiger partial charge in [-0.25, -0.2) is 0 Å². The van der Waals surface area contributed by atoms with E-state index in [0.29, 0.717) is 0 Å². The second kappa shape index (κ2) is 5.97. The summed E-state index contributed by atoms with van der Waals surface area (Å²) in [5, 5.41) is 14.1. The van der Waals surface area contributed by atoms with Crippen molar-refractivity contribution in [2.24, 2.45) is 0 Å². The fourth-order valence-corrected chi connectivity index (χ4v) is 5.08. The summed E-state index contributed by atoms with van der Waals surface area (Å²) in [5.74, 6) is 0.275. The van der Waals surface area contributed by atoms with Crippen molar-refractivity contribution in [2.45, 2.75) is 9.79 Å². The summed E-state index contributed by atoms with van der Waals surface area (Å²) in [4.78, 5) is 14.2. The minimum absolute atomic E-state index is 0.116. The third-order valence-electron chi connectivity index (χ3n) is 4.56. The van der Waals surface area contributed by atoms with Gasteiger partial charge >= 0.3 is 0 Å². The molecule has 4 aromatic carbocycles. The first-order valence-electron chi connectivity index (χ1n) is 8.14. The number of carbonyl (C=O) groups is 1. The number of phenols is 1. The topological polar surface area (TPSA) is 49.3 Å². The molecule has 5 rings (SSSR count). The average Bonchev–Trinajstić information content (AvgIpc) is 3.00. The fraction of sp³-hybridized carbons (Fsp3) is 0. The van der Waals surface area contributed by atoms with Crippen molar-refractivity contribution in [2.75, 3.05) is 4.72 Å². The van der Waals surface area contributed by atoms with E-state index in [1.807, 2.05) is 54.6 Å². The van der Waals surface area contributed by atoms with Gasteiger partial charge in [0.1, 0.15) is 5.75 Å². The molecule has 4 aromatic rings. The molecule has 0 amide bonds. The van der Waals surface area contributed by atoms with E-state index >= 15 is 0 Å². The number of anilines is 1. The fourth-order valence-electron chi connectivity index (χ4n) is 3.33. The lowest BCUT2D eigenvalue weighted by Crippen LogP contribution is -1.90. The molecule has 0 bridgehead atoms. The molecular formula is C21H13NO2S2. The van der Waals surface area contributed by atoms with Crippen LogP contribution in [0.3, 0.4) is 0 Å². The largest absolute Gasteiger partial charge is 0.507 e. The lowest BCUT2D eigenvalue weighted by Gasteiger charge is -2.12. The number of thioether (sulfide) groups is 1. The van der Waals surface area contributed by atoms with Crippen molar-refractivity contribution in [3.63, 3.8) is 0 Å². The molecular weight excluding hydrogens is 362 g/mol. The number of aromatic hydroxyl groups is 1. The summed E-state index contributed by atoms with van der Waals surface area (Å²) in [6.07, 6.45) is 0. The van der Waals surface area contributed by atoms with Gasteiger partial charge < -0.3 is 9.83 Å². The molecule has 1 heterocycles. The van der Waals surface area contributed by atoms with E-state index in [2.05, 4.69) is 10.8 Å². The van der Waals surface area contributed by atoms with E-state index in [4.69, 9.17) is 0 Å². The molecule has 0 spiro atoms. The van der Waals surface area contributed by atoms with Crippen molar-refractivity contribution in [3.8, 4) is 5.75 Å². The van der Waals surface area contributed by atoms with E-state index in [1.54, 1.807) is 6.07 Å². The Kier molecular flexibility index (Phi) is 3.58. The van der Waals surface area contributed by atoms with Gasteiger partial charge in [-0.1, -0.05) is 36.4 Å². The van der Waals surface area contributed by atoms with Gasteiger partial charge in [-0.15, -0.1) is 0 Å². The molecule has 0 fully saturated rings. The highest BCUT2D eigenvalue weighted by molar-refractivity contribution is 8.14. The Hall–Kier alpha value is -2.63. The van der Waals surface area contributed by atoms with Crippen LogP contribution in [-0.4, -0.2) is 10.2 Å². The highest BCUT2D eigenvalue weighted by Gasteiger charge is 2.23. The normalized spacial score (nSPS) is 12.8. The molecule has 0 aromatic heterocycles. The standard InChI is InChI=1S/C21H13NO2S2/c23-17-9-8-16(12-4-1-2-5-13(12)17)22-26-18-10-11-19-20-14(18)6-3-7-15(20)21(24)25-19/h1-11,22-23H. The lowest BCUT2D eigenvalue weighted by molar-refractivity contribution is 0.109. The van der Waals surface area contributed by atoms with Crippen molar-refractivity contribution < 1.29 is 9.90 Å². The van der Waals surface area contributed by atoms with Crippen LogP contribution in [-0.2, 0) is 0 Å². The first kappa shape index (κ1) is 15.6. The quantitative estimate of drug-likeness (QED) is 0.336. The molecule has 5 heteroatoms. The van der Waals surface area contributed by atoms with Gasteiger partial charge in [0.15, 0.2) is 0 Å². The van der Waals surface area contributed by atoms with Crippen LogP contribution >= 0.6 is 23.7 Å². The third-order valence-corrected chi connectivity index (χ3v) is 6.42. The molecule has 0 saturated carbocycles. The Balaban J connectivity index is 1.56. The van der Waals surface area contributed by atoms with E-state index in [9.17, 15) is 9.90 Å². The molecule has 126 valence electrons. The Labute approximate surface area is 158 Å². The predicted molar refractivity (Wildman–Crippen MR) is 109 cm³/mol. The van der Waals surface area contributed by atoms with Crippen molar-refractivity contribution in [3.05, 3.63) is 72.3 Å². The van der Waals surface area contributed by atoms with Crippen LogP contribution < -0.4 is 4.72 Å². The summed E-state index contributed by atoms with van der Waals surface area (Å²) in [6.45, 7) is 0. The summed E-state index contributed by atoms with van der Waals surface area (Å²) < 4.78 is 3.41. The molecule has 1 aliphatic rings. The summed E-state index contributed by atoms with van der Waals surface area (Å²) in [7, 11) is 0. The van der Waals surface area contributed by atoms with Crippen LogP contribution in [0.5, 0.6) is 5.75 Å². The molecule has 2 N–H and O–H groups in total. The molecule has 0 saturated heterocycles. The molecule has 0 radical (unpaired) electrons. The van der Waals surface area contributed by atoms with Crippen LogP contribution in [0.25, 0.3) is 21.5 Å². The summed E-state index contributed by atoms with van der Waals surface area (Å²) in [6, 6.07) is 21.3. The smallest absolute Gasteiger partial charge is 0.224 e. The predicted octanol–water partition coefficient (Wildman–Crippen LogP) is 6.06. The molecule has 3 nitrogen and oxygen atoms in total. The second-order valence-corrected chi connectivity index (χ2v) is 7.92. The Morgan fingerprint density at radius 2 is 1.65 bits per heavy atom. The average molecular weight is 375 g/mol.